The summed E-state index contributed by atoms with van der Waals surface area (Å²) in [5.74, 6) is -0.653. The van der Waals surface area contributed by atoms with Gasteiger partial charge in [-0.3, -0.25) is 14.4 Å². The van der Waals surface area contributed by atoms with Crippen molar-refractivity contribution < 1.29 is 24.0 Å². The predicted molar refractivity (Wildman–Crippen MR) is 84.1 cm³/mol. The van der Waals surface area contributed by atoms with Crippen LogP contribution in [0, 0.1) is 18.8 Å². The number of thioether (sulfide) groups is 1. The Morgan fingerprint density at radius 2 is 2.17 bits per heavy atom. The molecule has 1 fully saturated rings. The Morgan fingerprint density at radius 3 is 2.74 bits per heavy atom. The van der Waals surface area contributed by atoms with Gasteiger partial charge < -0.3 is 19.8 Å². The van der Waals surface area contributed by atoms with E-state index in [1.165, 1.54) is 11.8 Å². The minimum atomic E-state index is -0.872. The summed E-state index contributed by atoms with van der Waals surface area (Å²) in [4.78, 5) is 36.4. The van der Waals surface area contributed by atoms with Crippen molar-refractivity contribution in [3.63, 3.8) is 0 Å². The summed E-state index contributed by atoms with van der Waals surface area (Å²) < 4.78 is 4.83. The molecule has 9 heteroatoms. The average Bonchev–Trinajstić information content (AvgIpc) is 3.04. The summed E-state index contributed by atoms with van der Waals surface area (Å²) in [6, 6.07) is 1.60. The van der Waals surface area contributed by atoms with Gasteiger partial charge in [0.1, 0.15) is 5.76 Å². The summed E-state index contributed by atoms with van der Waals surface area (Å²) >= 11 is 1.18. The molecule has 23 heavy (non-hydrogen) atoms. The molecule has 1 aliphatic rings. The number of hydrogen-bond acceptors (Lipinski definition) is 6. The normalized spacial score (nSPS) is 20.5. The minimum absolute atomic E-state index is 0.0554. The van der Waals surface area contributed by atoms with E-state index in [0.29, 0.717) is 18.1 Å². The fourth-order valence-electron chi connectivity index (χ4n) is 2.42. The topological polar surface area (TPSA) is 113 Å². The van der Waals surface area contributed by atoms with E-state index in [0.717, 1.165) is 0 Å². The molecule has 2 N–H and O–H groups in total. The molecule has 8 nitrogen and oxygen atoms in total. The van der Waals surface area contributed by atoms with Crippen LogP contribution in [0.4, 0.5) is 5.82 Å². The Balaban J connectivity index is 1.70. The molecule has 0 bridgehead atoms. The van der Waals surface area contributed by atoms with E-state index >= 15 is 0 Å². The molecular weight excluding hydrogens is 322 g/mol. The number of carbonyl (C=O) groups excluding carboxylic acids is 2. The predicted octanol–water partition coefficient (Wildman–Crippen LogP) is 0.834. The van der Waals surface area contributed by atoms with Crippen LogP contribution in [0.15, 0.2) is 10.6 Å². The van der Waals surface area contributed by atoms with Crippen LogP contribution in [0.5, 0.6) is 0 Å². The molecule has 1 aliphatic heterocycles. The molecule has 2 amide bonds. The second-order valence-electron chi connectivity index (χ2n) is 5.58. The molecule has 2 heterocycles. The highest BCUT2D eigenvalue weighted by atomic mass is 32.2. The van der Waals surface area contributed by atoms with E-state index in [4.69, 9.17) is 9.63 Å². The molecule has 0 radical (unpaired) electrons. The summed E-state index contributed by atoms with van der Waals surface area (Å²) in [6.45, 7) is 4.23. The number of carbonyl (C=O) groups is 3. The largest absolute Gasteiger partial charge is 0.481 e. The van der Waals surface area contributed by atoms with E-state index in [1.54, 1.807) is 17.9 Å². The smallest absolute Gasteiger partial charge is 0.308 e. The van der Waals surface area contributed by atoms with E-state index < -0.39 is 11.9 Å². The molecular formula is C14H19N3O5S. The number of carboxylic acid groups (broad SMARTS) is 1. The number of nitrogens with one attached hydrogen (secondary N) is 1. The summed E-state index contributed by atoms with van der Waals surface area (Å²) in [5.41, 5.74) is 0. The van der Waals surface area contributed by atoms with Crippen LogP contribution in [-0.4, -0.2) is 57.5 Å². The van der Waals surface area contributed by atoms with Crippen molar-refractivity contribution in [2.45, 2.75) is 13.8 Å². The third-order valence-corrected chi connectivity index (χ3v) is 4.55. The lowest BCUT2D eigenvalue weighted by Crippen LogP contribution is -2.31. The lowest BCUT2D eigenvalue weighted by atomic mass is 9.99. The van der Waals surface area contributed by atoms with Crippen molar-refractivity contribution in [2.75, 3.05) is 29.9 Å². The van der Waals surface area contributed by atoms with Crippen LogP contribution < -0.4 is 5.32 Å². The fraction of sp³-hybridized carbons (Fsp3) is 0.571. The number of aliphatic carboxylic acids is 1. The third kappa shape index (κ3) is 4.72. The van der Waals surface area contributed by atoms with Crippen molar-refractivity contribution in [3.8, 4) is 0 Å². The molecule has 0 aromatic carbocycles. The standard InChI is InChI=1S/C14H19N3O5S/c1-8-4-17(5-10(8)14(20)21)13(19)7-23-6-12(18)15-11-3-9(2)22-16-11/h3,8,10H,4-7H2,1-2H3,(H,20,21)(H,15,16,18)/t8-,10-/m1/s1. The molecule has 0 saturated carbocycles. The maximum absolute atomic E-state index is 12.1. The molecule has 0 spiro atoms. The molecule has 126 valence electrons. The Hall–Kier alpha value is -2.03. The first kappa shape index (κ1) is 17.3. The number of amides is 2. The highest BCUT2D eigenvalue weighted by Gasteiger charge is 2.36. The Kier molecular flexibility index (Phi) is 5.64. The van der Waals surface area contributed by atoms with Gasteiger partial charge in [-0.15, -0.1) is 11.8 Å². The molecule has 1 saturated heterocycles. The number of rotatable bonds is 6. The van der Waals surface area contributed by atoms with Crippen LogP contribution in [-0.2, 0) is 14.4 Å². The maximum atomic E-state index is 12.1. The number of anilines is 1. The van der Waals surface area contributed by atoms with Crippen LogP contribution in [0.1, 0.15) is 12.7 Å². The van der Waals surface area contributed by atoms with Gasteiger partial charge in [0.25, 0.3) is 0 Å². The first-order valence-electron chi connectivity index (χ1n) is 7.18. The zero-order chi connectivity index (χ0) is 17.0. The first-order chi connectivity index (χ1) is 10.9. The Morgan fingerprint density at radius 1 is 1.43 bits per heavy atom. The van der Waals surface area contributed by atoms with Crippen molar-refractivity contribution in [1.29, 1.82) is 0 Å². The fourth-order valence-corrected chi connectivity index (χ4v) is 3.14. The van der Waals surface area contributed by atoms with Crippen LogP contribution in [0.25, 0.3) is 0 Å². The van der Waals surface area contributed by atoms with Crippen molar-refractivity contribution >= 4 is 35.4 Å². The van der Waals surface area contributed by atoms with E-state index in [-0.39, 0.29) is 35.8 Å². The van der Waals surface area contributed by atoms with E-state index in [1.807, 2.05) is 6.92 Å². The summed E-state index contributed by atoms with van der Waals surface area (Å²) in [7, 11) is 0. The summed E-state index contributed by atoms with van der Waals surface area (Å²) in [6.07, 6.45) is 0. The van der Waals surface area contributed by atoms with Gasteiger partial charge in [0.05, 0.1) is 17.4 Å². The number of aryl methyl sites for hydroxylation is 1. The lowest BCUT2D eigenvalue weighted by Gasteiger charge is -2.15. The molecule has 0 unspecified atom stereocenters. The number of carboxylic acids is 1. The van der Waals surface area contributed by atoms with E-state index in [9.17, 15) is 14.4 Å². The van der Waals surface area contributed by atoms with Gasteiger partial charge in [-0.1, -0.05) is 12.1 Å². The molecule has 1 aromatic rings. The monoisotopic (exact) mass is 341 g/mol. The van der Waals surface area contributed by atoms with Gasteiger partial charge >= 0.3 is 5.97 Å². The van der Waals surface area contributed by atoms with Crippen molar-refractivity contribution in [2.24, 2.45) is 11.8 Å². The zero-order valence-electron chi connectivity index (χ0n) is 12.9. The van der Waals surface area contributed by atoms with Crippen LogP contribution in [0.2, 0.25) is 0 Å². The average molecular weight is 341 g/mol. The summed E-state index contributed by atoms with van der Waals surface area (Å²) in [5, 5.41) is 15.3. The van der Waals surface area contributed by atoms with Gasteiger partial charge in [-0.05, 0) is 12.8 Å². The minimum Gasteiger partial charge on any atom is -0.481 e. The SMILES string of the molecule is Cc1cc(NC(=O)CSCC(=O)N2C[C@@H](C)[C@H](C(=O)O)C2)no1. The van der Waals surface area contributed by atoms with Crippen LogP contribution >= 0.6 is 11.8 Å². The van der Waals surface area contributed by atoms with Gasteiger partial charge in [-0.2, -0.15) is 0 Å². The van der Waals surface area contributed by atoms with Crippen LogP contribution in [0.3, 0.4) is 0 Å². The van der Waals surface area contributed by atoms with Gasteiger partial charge in [0.15, 0.2) is 5.82 Å². The lowest BCUT2D eigenvalue weighted by molar-refractivity contribution is -0.142. The molecule has 0 aliphatic carbocycles. The number of likely N-dealkylation sites (tertiary alicyclic amines) is 1. The van der Waals surface area contributed by atoms with Gasteiger partial charge in [0.2, 0.25) is 11.8 Å². The van der Waals surface area contributed by atoms with Crippen molar-refractivity contribution in [3.05, 3.63) is 11.8 Å². The number of aromatic nitrogens is 1. The first-order valence-corrected chi connectivity index (χ1v) is 8.33. The van der Waals surface area contributed by atoms with Gasteiger partial charge in [0, 0.05) is 19.2 Å². The van der Waals surface area contributed by atoms with Gasteiger partial charge in [-0.25, -0.2) is 0 Å². The second kappa shape index (κ2) is 7.49. The molecule has 1 aromatic heterocycles. The maximum Gasteiger partial charge on any atom is 0.308 e. The zero-order valence-corrected chi connectivity index (χ0v) is 13.8. The third-order valence-electron chi connectivity index (χ3n) is 3.64. The number of nitrogens with zero attached hydrogens (tertiary/aromatic N) is 2. The highest BCUT2D eigenvalue weighted by molar-refractivity contribution is 8.00. The van der Waals surface area contributed by atoms with Crippen molar-refractivity contribution in [1.82, 2.24) is 10.1 Å². The quantitative estimate of drug-likeness (QED) is 0.788. The Bertz CT molecular complexity index is 603. The molecule has 2 atom stereocenters. The highest BCUT2D eigenvalue weighted by Crippen LogP contribution is 2.23. The van der Waals surface area contributed by atoms with E-state index in [2.05, 4.69) is 10.5 Å². The number of hydrogen-bond donors (Lipinski definition) is 2. The molecule has 2 rings (SSSR count). The second-order valence-corrected chi connectivity index (χ2v) is 6.57. The Labute approximate surface area is 137 Å².